The summed E-state index contributed by atoms with van der Waals surface area (Å²) in [7, 11) is 5.05. The van der Waals surface area contributed by atoms with Crippen molar-refractivity contribution in [2.24, 2.45) is 0 Å². The van der Waals surface area contributed by atoms with Gasteiger partial charge in [-0.1, -0.05) is 12.1 Å². The molecule has 0 saturated carbocycles. The number of nitrogens with zero attached hydrogens (tertiary/aromatic N) is 3. The number of anilines is 1. The van der Waals surface area contributed by atoms with E-state index in [2.05, 4.69) is 15.3 Å². The highest BCUT2D eigenvalue weighted by Crippen LogP contribution is 2.34. The fourth-order valence-electron chi connectivity index (χ4n) is 2.88. The largest absolute Gasteiger partial charge is 0.497 e. The third kappa shape index (κ3) is 4.23. The molecule has 0 fully saturated rings. The Morgan fingerprint density at radius 3 is 2.86 bits per heavy atom. The van der Waals surface area contributed by atoms with E-state index in [0.717, 1.165) is 32.9 Å². The van der Waals surface area contributed by atoms with Crippen molar-refractivity contribution >= 4 is 33.3 Å². The zero-order valence-corrected chi connectivity index (χ0v) is 17.3. The second-order valence-electron chi connectivity index (χ2n) is 6.38. The quantitative estimate of drug-likeness (QED) is 0.625. The van der Waals surface area contributed by atoms with Crippen molar-refractivity contribution in [3.63, 3.8) is 0 Å². The minimum atomic E-state index is -0.0312. The summed E-state index contributed by atoms with van der Waals surface area (Å²) in [6.45, 7) is 3.57. The number of nitrogens with one attached hydrogen (secondary N) is 1. The molecule has 0 bridgehead atoms. The van der Waals surface area contributed by atoms with Crippen molar-refractivity contribution in [2.45, 2.75) is 13.5 Å². The van der Waals surface area contributed by atoms with Gasteiger partial charge in [0.05, 0.1) is 24.0 Å². The van der Waals surface area contributed by atoms with Gasteiger partial charge in [0.1, 0.15) is 22.7 Å². The van der Waals surface area contributed by atoms with E-state index >= 15 is 0 Å². The van der Waals surface area contributed by atoms with Gasteiger partial charge in [0, 0.05) is 27.2 Å². The normalized spacial score (nSPS) is 10.9. The summed E-state index contributed by atoms with van der Waals surface area (Å²) in [6, 6.07) is 7.86. The Hall–Kier alpha value is -2.71. The van der Waals surface area contributed by atoms with E-state index in [9.17, 15) is 4.79 Å². The number of ether oxygens (including phenoxy) is 2. The van der Waals surface area contributed by atoms with Gasteiger partial charge in [-0.15, -0.1) is 11.3 Å². The number of aryl methyl sites for hydroxylation is 1. The zero-order valence-electron chi connectivity index (χ0n) is 16.5. The van der Waals surface area contributed by atoms with E-state index < -0.39 is 0 Å². The molecule has 148 valence electrons. The van der Waals surface area contributed by atoms with Crippen molar-refractivity contribution in [1.29, 1.82) is 0 Å². The van der Waals surface area contributed by atoms with Gasteiger partial charge in [0.15, 0.2) is 0 Å². The number of carbonyl (C=O) groups excluding carboxylic acids is 1. The summed E-state index contributed by atoms with van der Waals surface area (Å²) in [5.41, 5.74) is 1.97. The number of methoxy groups -OCH3 is 2. The first-order valence-corrected chi connectivity index (χ1v) is 9.72. The number of hydrogen-bond donors (Lipinski definition) is 1. The molecule has 1 amide bonds. The molecule has 3 aromatic rings. The predicted molar refractivity (Wildman–Crippen MR) is 111 cm³/mol. The van der Waals surface area contributed by atoms with E-state index in [0.29, 0.717) is 24.6 Å². The van der Waals surface area contributed by atoms with Gasteiger partial charge in [-0.3, -0.25) is 4.79 Å². The third-order valence-corrected chi connectivity index (χ3v) is 5.68. The Labute approximate surface area is 168 Å². The lowest BCUT2D eigenvalue weighted by Gasteiger charge is -2.16. The molecule has 0 saturated heterocycles. The van der Waals surface area contributed by atoms with Crippen LogP contribution in [0.4, 0.5) is 5.82 Å². The molecule has 0 atom stereocenters. The van der Waals surface area contributed by atoms with Gasteiger partial charge in [0.2, 0.25) is 0 Å². The number of thiophene rings is 1. The molecule has 0 radical (unpaired) electrons. The van der Waals surface area contributed by atoms with Crippen LogP contribution in [0, 0.1) is 6.92 Å². The molecule has 7 nitrogen and oxygen atoms in total. The van der Waals surface area contributed by atoms with Crippen LogP contribution in [0.25, 0.3) is 10.2 Å². The minimum absolute atomic E-state index is 0.0312. The first-order chi connectivity index (χ1) is 13.5. The molecular formula is C20H24N4O3S. The van der Waals surface area contributed by atoms with Gasteiger partial charge >= 0.3 is 0 Å². The van der Waals surface area contributed by atoms with E-state index in [4.69, 9.17) is 9.47 Å². The summed E-state index contributed by atoms with van der Waals surface area (Å²) >= 11 is 1.39. The topological polar surface area (TPSA) is 76.6 Å². The van der Waals surface area contributed by atoms with Crippen LogP contribution in [0.5, 0.6) is 5.75 Å². The van der Waals surface area contributed by atoms with Gasteiger partial charge in [-0.2, -0.15) is 0 Å². The highest BCUT2D eigenvalue weighted by molar-refractivity contribution is 7.20. The molecule has 2 heterocycles. The highest BCUT2D eigenvalue weighted by atomic mass is 32.1. The second kappa shape index (κ2) is 8.99. The predicted octanol–water partition coefficient (Wildman–Crippen LogP) is 3.34. The Bertz CT molecular complexity index is 973. The molecule has 0 aliphatic rings. The van der Waals surface area contributed by atoms with Crippen molar-refractivity contribution in [3.8, 4) is 5.75 Å². The SMILES string of the molecule is COCCN(C)C(=O)c1sc2ncnc(NCc3cccc(OC)c3)c2c1C. The third-order valence-electron chi connectivity index (χ3n) is 4.49. The van der Waals surface area contributed by atoms with Crippen molar-refractivity contribution in [1.82, 2.24) is 14.9 Å². The van der Waals surface area contributed by atoms with E-state index in [1.807, 2.05) is 31.2 Å². The molecule has 1 aromatic carbocycles. The van der Waals surface area contributed by atoms with Crippen LogP contribution in [-0.4, -0.2) is 55.2 Å². The van der Waals surface area contributed by atoms with Crippen LogP contribution in [-0.2, 0) is 11.3 Å². The highest BCUT2D eigenvalue weighted by Gasteiger charge is 2.21. The Morgan fingerprint density at radius 1 is 1.29 bits per heavy atom. The average molecular weight is 401 g/mol. The Kier molecular flexibility index (Phi) is 6.43. The molecule has 28 heavy (non-hydrogen) atoms. The lowest BCUT2D eigenvalue weighted by Crippen LogP contribution is -2.29. The number of rotatable bonds is 8. The van der Waals surface area contributed by atoms with Gasteiger partial charge < -0.3 is 19.7 Å². The van der Waals surface area contributed by atoms with E-state index in [1.54, 1.807) is 26.2 Å². The number of likely N-dealkylation sites (N-methyl/N-ethyl adjacent to an activating group) is 1. The molecular weight excluding hydrogens is 376 g/mol. The Balaban J connectivity index is 1.86. The van der Waals surface area contributed by atoms with Gasteiger partial charge in [-0.05, 0) is 30.2 Å². The van der Waals surface area contributed by atoms with Crippen molar-refractivity contribution in [2.75, 3.05) is 39.7 Å². The van der Waals surface area contributed by atoms with Gasteiger partial charge in [0.25, 0.3) is 5.91 Å². The molecule has 8 heteroatoms. The first-order valence-electron chi connectivity index (χ1n) is 8.90. The lowest BCUT2D eigenvalue weighted by atomic mass is 10.1. The summed E-state index contributed by atoms with van der Waals surface area (Å²) in [4.78, 5) is 24.7. The fourth-order valence-corrected chi connectivity index (χ4v) is 4.02. The molecule has 0 unspecified atom stereocenters. The van der Waals surface area contributed by atoms with Gasteiger partial charge in [-0.25, -0.2) is 9.97 Å². The summed E-state index contributed by atoms with van der Waals surface area (Å²) in [6.07, 6.45) is 1.52. The molecule has 0 spiro atoms. The monoisotopic (exact) mass is 400 g/mol. The van der Waals surface area contributed by atoms with Crippen LogP contribution in [0.1, 0.15) is 20.8 Å². The average Bonchev–Trinajstić information content (AvgIpc) is 3.07. The summed E-state index contributed by atoms with van der Waals surface area (Å²) in [5.74, 6) is 1.50. The Morgan fingerprint density at radius 2 is 2.11 bits per heavy atom. The smallest absolute Gasteiger partial charge is 0.264 e. The van der Waals surface area contributed by atoms with E-state index in [-0.39, 0.29) is 5.91 Å². The lowest BCUT2D eigenvalue weighted by molar-refractivity contribution is 0.0748. The standard InChI is InChI=1S/C20H24N4O3S/c1-13-16-18(21-11-14-6-5-7-15(10-14)27-4)22-12-23-19(16)28-17(13)20(25)24(2)8-9-26-3/h5-7,10,12H,8-9,11H2,1-4H3,(H,21,22,23). The van der Waals surface area contributed by atoms with Crippen LogP contribution in [0.15, 0.2) is 30.6 Å². The van der Waals surface area contributed by atoms with Crippen molar-refractivity contribution in [3.05, 3.63) is 46.6 Å². The molecule has 0 aliphatic carbocycles. The number of aromatic nitrogens is 2. The van der Waals surface area contributed by atoms with Crippen molar-refractivity contribution < 1.29 is 14.3 Å². The summed E-state index contributed by atoms with van der Waals surface area (Å²) in [5, 5.41) is 4.25. The second-order valence-corrected chi connectivity index (χ2v) is 7.38. The van der Waals surface area contributed by atoms with E-state index in [1.165, 1.54) is 17.7 Å². The van der Waals surface area contributed by atoms with Crippen LogP contribution < -0.4 is 10.1 Å². The van der Waals surface area contributed by atoms with Crippen LogP contribution >= 0.6 is 11.3 Å². The maximum Gasteiger partial charge on any atom is 0.264 e. The zero-order chi connectivity index (χ0) is 20.1. The molecule has 0 aliphatic heterocycles. The van der Waals surface area contributed by atoms with Crippen LogP contribution in [0.2, 0.25) is 0 Å². The first kappa shape index (κ1) is 20.0. The number of carbonyl (C=O) groups is 1. The number of amides is 1. The number of fused-ring (bicyclic) bond motifs is 1. The maximum atomic E-state index is 12.8. The fraction of sp³-hybridized carbons (Fsp3) is 0.350. The van der Waals surface area contributed by atoms with Crippen LogP contribution in [0.3, 0.4) is 0 Å². The summed E-state index contributed by atoms with van der Waals surface area (Å²) < 4.78 is 10.3. The molecule has 2 aromatic heterocycles. The number of benzene rings is 1. The molecule has 3 rings (SSSR count). The number of hydrogen-bond acceptors (Lipinski definition) is 7. The maximum absolute atomic E-state index is 12.8. The minimum Gasteiger partial charge on any atom is -0.497 e. The molecule has 1 N–H and O–H groups in total.